The standard InChI is InChI=1S/C16H16/c1-4-14-10-9-12(2)11-16(14)15-8-6-5-7-13(15)3/h4-11H,1H2,2-3H3. The van der Waals surface area contributed by atoms with E-state index in [1.165, 1.54) is 27.8 Å². The predicted molar refractivity (Wildman–Crippen MR) is 71.4 cm³/mol. The van der Waals surface area contributed by atoms with Gasteiger partial charge in [-0.3, -0.25) is 0 Å². The van der Waals surface area contributed by atoms with Gasteiger partial charge in [-0.05, 0) is 36.1 Å². The Hall–Kier alpha value is -1.82. The van der Waals surface area contributed by atoms with E-state index in [4.69, 9.17) is 0 Å². The van der Waals surface area contributed by atoms with Crippen LogP contribution in [0.1, 0.15) is 16.7 Å². The van der Waals surface area contributed by atoms with Crippen LogP contribution in [0.5, 0.6) is 0 Å². The summed E-state index contributed by atoms with van der Waals surface area (Å²) in [4.78, 5) is 0. The van der Waals surface area contributed by atoms with E-state index in [1.54, 1.807) is 0 Å². The molecule has 0 radical (unpaired) electrons. The molecule has 2 aromatic carbocycles. The molecular formula is C16H16. The maximum atomic E-state index is 3.88. The van der Waals surface area contributed by atoms with E-state index in [9.17, 15) is 0 Å². The summed E-state index contributed by atoms with van der Waals surface area (Å²) in [6.07, 6.45) is 1.92. The summed E-state index contributed by atoms with van der Waals surface area (Å²) in [5, 5.41) is 0. The van der Waals surface area contributed by atoms with Gasteiger partial charge in [0.2, 0.25) is 0 Å². The van der Waals surface area contributed by atoms with E-state index in [0.29, 0.717) is 0 Å². The first kappa shape index (κ1) is 10.7. The number of rotatable bonds is 2. The van der Waals surface area contributed by atoms with E-state index in [2.05, 4.69) is 62.9 Å². The molecule has 0 N–H and O–H groups in total. The van der Waals surface area contributed by atoms with E-state index in [-0.39, 0.29) is 0 Å². The minimum absolute atomic E-state index is 1.19. The summed E-state index contributed by atoms with van der Waals surface area (Å²) in [6.45, 7) is 8.14. The third-order valence-corrected chi connectivity index (χ3v) is 2.86. The first-order valence-corrected chi connectivity index (χ1v) is 5.51. The van der Waals surface area contributed by atoms with E-state index < -0.39 is 0 Å². The third kappa shape index (κ3) is 1.92. The molecule has 0 spiro atoms. The van der Waals surface area contributed by atoms with Crippen molar-refractivity contribution in [3.63, 3.8) is 0 Å². The summed E-state index contributed by atoms with van der Waals surface area (Å²) in [6, 6.07) is 14.9. The Morgan fingerprint density at radius 2 is 1.69 bits per heavy atom. The van der Waals surface area contributed by atoms with Gasteiger partial charge in [0.05, 0.1) is 0 Å². The van der Waals surface area contributed by atoms with Crippen LogP contribution in [0.15, 0.2) is 49.0 Å². The lowest BCUT2D eigenvalue weighted by Gasteiger charge is -2.10. The lowest BCUT2D eigenvalue weighted by Crippen LogP contribution is -1.87. The minimum atomic E-state index is 1.19. The highest BCUT2D eigenvalue weighted by Crippen LogP contribution is 2.28. The van der Waals surface area contributed by atoms with E-state index in [0.717, 1.165) is 0 Å². The van der Waals surface area contributed by atoms with Crippen molar-refractivity contribution in [2.24, 2.45) is 0 Å². The fourth-order valence-electron chi connectivity index (χ4n) is 1.96. The van der Waals surface area contributed by atoms with Gasteiger partial charge >= 0.3 is 0 Å². The normalized spacial score (nSPS) is 10.1. The second kappa shape index (κ2) is 4.36. The van der Waals surface area contributed by atoms with Crippen LogP contribution in [0.3, 0.4) is 0 Å². The van der Waals surface area contributed by atoms with Crippen LogP contribution in [0.4, 0.5) is 0 Å². The quantitative estimate of drug-likeness (QED) is 0.676. The second-order valence-electron chi connectivity index (χ2n) is 4.11. The van der Waals surface area contributed by atoms with Crippen molar-refractivity contribution < 1.29 is 0 Å². The molecule has 80 valence electrons. The lowest BCUT2D eigenvalue weighted by atomic mass is 9.94. The number of aryl methyl sites for hydroxylation is 2. The van der Waals surface area contributed by atoms with Crippen LogP contribution in [0.25, 0.3) is 17.2 Å². The van der Waals surface area contributed by atoms with Gasteiger partial charge < -0.3 is 0 Å². The minimum Gasteiger partial charge on any atom is -0.0984 e. The SMILES string of the molecule is C=Cc1ccc(C)cc1-c1ccccc1C. The van der Waals surface area contributed by atoms with Crippen molar-refractivity contribution in [1.82, 2.24) is 0 Å². The van der Waals surface area contributed by atoms with Crippen molar-refractivity contribution in [2.75, 3.05) is 0 Å². The molecule has 0 saturated heterocycles. The molecule has 0 aromatic heterocycles. The largest absolute Gasteiger partial charge is 0.0984 e. The highest BCUT2D eigenvalue weighted by atomic mass is 14.1. The molecule has 16 heavy (non-hydrogen) atoms. The first-order valence-electron chi connectivity index (χ1n) is 5.51. The van der Waals surface area contributed by atoms with Gasteiger partial charge in [-0.25, -0.2) is 0 Å². The zero-order chi connectivity index (χ0) is 11.5. The Morgan fingerprint density at radius 3 is 2.38 bits per heavy atom. The molecule has 0 amide bonds. The second-order valence-corrected chi connectivity index (χ2v) is 4.11. The molecule has 0 bridgehead atoms. The first-order chi connectivity index (χ1) is 7.72. The van der Waals surface area contributed by atoms with Gasteiger partial charge in [0.1, 0.15) is 0 Å². The summed E-state index contributed by atoms with van der Waals surface area (Å²) < 4.78 is 0. The summed E-state index contributed by atoms with van der Waals surface area (Å²) in [7, 11) is 0. The monoisotopic (exact) mass is 208 g/mol. The van der Waals surface area contributed by atoms with Crippen molar-refractivity contribution in [3.8, 4) is 11.1 Å². The average Bonchev–Trinajstić information content (AvgIpc) is 2.29. The molecule has 0 aliphatic carbocycles. The van der Waals surface area contributed by atoms with Crippen LogP contribution in [-0.4, -0.2) is 0 Å². The predicted octanol–water partition coefficient (Wildman–Crippen LogP) is 4.61. The Morgan fingerprint density at radius 1 is 0.938 bits per heavy atom. The molecule has 0 saturated carbocycles. The molecule has 0 atom stereocenters. The van der Waals surface area contributed by atoms with Crippen molar-refractivity contribution in [2.45, 2.75) is 13.8 Å². The molecule has 2 rings (SSSR count). The molecule has 0 unspecified atom stereocenters. The maximum absolute atomic E-state index is 3.88. The zero-order valence-electron chi connectivity index (χ0n) is 9.83. The number of hydrogen-bond acceptors (Lipinski definition) is 0. The van der Waals surface area contributed by atoms with Gasteiger partial charge in [-0.2, -0.15) is 0 Å². The van der Waals surface area contributed by atoms with Gasteiger partial charge in [-0.1, -0.05) is 60.7 Å². The fraction of sp³-hybridized carbons (Fsp3) is 0.125. The van der Waals surface area contributed by atoms with Gasteiger partial charge in [0.25, 0.3) is 0 Å². The van der Waals surface area contributed by atoms with Crippen LogP contribution in [0.2, 0.25) is 0 Å². The zero-order valence-corrected chi connectivity index (χ0v) is 9.83. The molecule has 2 aromatic rings. The van der Waals surface area contributed by atoms with Crippen LogP contribution < -0.4 is 0 Å². The number of hydrogen-bond donors (Lipinski definition) is 0. The summed E-state index contributed by atoms with van der Waals surface area (Å²) in [5.74, 6) is 0. The van der Waals surface area contributed by atoms with Crippen molar-refractivity contribution >= 4 is 6.08 Å². The average molecular weight is 208 g/mol. The Balaban J connectivity index is 2.67. The van der Waals surface area contributed by atoms with Crippen molar-refractivity contribution in [1.29, 1.82) is 0 Å². The summed E-state index contributed by atoms with van der Waals surface area (Å²) in [5.41, 5.74) is 6.34. The smallest absolute Gasteiger partial charge is 0.0106 e. The topological polar surface area (TPSA) is 0 Å². The Bertz CT molecular complexity index is 521. The number of benzene rings is 2. The Kier molecular flexibility index (Phi) is 2.91. The van der Waals surface area contributed by atoms with Gasteiger partial charge in [0.15, 0.2) is 0 Å². The molecular weight excluding hydrogens is 192 g/mol. The third-order valence-electron chi connectivity index (χ3n) is 2.86. The van der Waals surface area contributed by atoms with Gasteiger partial charge in [-0.15, -0.1) is 0 Å². The molecule has 0 aliphatic rings. The highest BCUT2D eigenvalue weighted by Gasteiger charge is 2.05. The Labute approximate surface area is 97.3 Å². The highest BCUT2D eigenvalue weighted by molar-refractivity contribution is 5.77. The molecule has 0 nitrogen and oxygen atoms in total. The van der Waals surface area contributed by atoms with Crippen LogP contribution in [-0.2, 0) is 0 Å². The molecule has 0 heterocycles. The van der Waals surface area contributed by atoms with Gasteiger partial charge in [0, 0.05) is 0 Å². The van der Waals surface area contributed by atoms with E-state index in [1.807, 2.05) is 6.08 Å². The van der Waals surface area contributed by atoms with E-state index >= 15 is 0 Å². The van der Waals surface area contributed by atoms with Crippen LogP contribution in [0, 0.1) is 13.8 Å². The van der Waals surface area contributed by atoms with Crippen molar-refractivity contribution in [3.05, 3.63) is 65.7 Å². The molecule has 0 heteroatoms. The van der Waals surface area contributed by atoms with Crippen LogP contribution >= 0.6 is 0 Å². The summed E-state index contributed by atoms with van der Waals surface area (Å²) >= 11 is 0. The molecule has 0 aliphatic heterocycles. The fourth-order valence-corrected chi connectivity index (χ4v) is 1.96. The lowest BCUT2D eigenvalue weighted by molar-refractivity contribution is 1.42. The maximum Gasteiger partial charge on any atom is -0.0106 e. The molecule has 0 fully saturated rings.